The summed E-state index contributed by atoms with van der Waals surface area (Å²) in [4.78, 5) is 2.43. The number of nitrogens with zero attached hydrogens (tertiary/aromatic N) is 2. The summed E-state index contributed by atoms with van der Waals surface area (Å²) in [5, 5.41) is 0.251. The lowest BCUT2D eigenvalue weighted by molar-refractivity contribution is 0.204. The summed E-state index contributed by atoms with van der Waals surface area (Å²) in [6.07, 6.45) is 2.16. The maximum atomic E-state index is 12.7. The number of sulfonamides is 1. The first-order valence-electron chi connectivity index (χ1n) is 7.11. The van der Waals surface area contributed by atoms with Gasteiger partial charge in [-0.3, -0.25) is 4.90 Å². The predicted octanol–water partition coefficient (Wildman–Crippen LogP) is 3.38. The van der Waals surface area contributed by atoms with E-state index in [1.54, 1.807) is 18.2 Å². The Morgan fingerprint density at radius 1 is 1.27 bits per heavy atom. The Morgan fingerprint density at radius 2 is 1.91 bits per heavy atom. The summed E-state index contributed by atoms with van der Waals surface area (Å²) in [6, 6.07) is 4.86. The first-order valence-corrected chi connectivity index (χ1v) is 9.73. The van der Waals surface area contributed by atoms with E-state index in [9.17, 15) is 8.42 Å². The molecular weight excluding hydrogens is 388 g/mol. The van der Waals surface area contributed by atoms with Gasteiger partial charge in [-0.2, -0.15) is 4.31 Å². The van der Waals surface area contributed by atoms with Gasteiger partial charge in [-0.15, -0.1) is 0 Å². The zero-order chi connectivity index (χ0) is 16.3. The van der Waals surface area contributed by atoms with E-state index in [4.69, 9.17) is 11.6 Å². The molecule has 0 bridgehead atoms. The number of rotatable bonds is 4. The van der Waals surface area contributed by atoms with E-state index in [1.807, 2.05) is 0 Å². The fourth-order valence-electron chi connectivity index (χ4n) is 2.29. The van der Waals surface area contributed by atoms with E-state index < -0.39 is 10.0 Å². The van der Waals surface area contributed by atoms with Gasteiger partial charge >= 0.3 is 0 Å². The van der Waals surface area contributed by atoms with E-state index in [1.165, 1.54) is 9.88 Å². The lowest BCUT2D eigenvalue weighted by Gasteiger charge is -2.33. The van der Waals surface area contributed by atoms with Crippen LogP contribution in [-0.4, -0.2) is 50.3 Å². The van der Waals surface area contributed by atoms with Gasteiger partial charge in [-0.05, 0) is 32.0 Å². The highest BCUT2D eigenvalue weighted by atomic mass is 79.9. The number of benzene rings is 1. The molecular formula is C15H20BrClN2O2S. The summed E-state index contributed by atoms with van der Waals surface area (Å²) in [5.41, 5.74) is 1.27. The maximum absolute atomic E-state index is 12.7. The molecule has 0 atom stereocenters. The predicted molar refractivity (Wildman–Crippen MR) is 93.8 cm³/mol. The third kappa shape index (κ3) is 4.32. The fraction of sp³-hybridized carbons (Fsp3) is 0.467. The molecule has 0 spiro atoms. The van der Waals surface area contributed by atoms with Gasteiger partial charge in [0.1, 0.15) is 4.90 Å². The Labute approximate surface area is 145 Å². The van der Waals surface area contributed by atoms with Crippen molar-refractivity contribution >= 4 is 37.6 Å². The second-order valence-corrected chi connectivity index (χ2v) is 8.79. The summed E-state index contributed by atoms with van der Waals surface area (Å²) in [7, 11) is -3.53. The Bertz CT molecular complexity index is 664. The van der Waals surface area contributed by atoms with Crippen LogP contribution < -0.4 is 0 Å². The Hall–Kier alpha value is -0.400. The Morgan fingerprint density at radius 3 is 2.45 bits per heavy atom. The van der Waals surface area contributed by atoms with Crippen LogP contribution in [0.3, 0.4) is 0 Å². The van der Waals surface area contributed by atoms with E-state index in [0.29, 0.717) is 13.1 Å². The fourth-order valence-corrected chi connectivity index (χ4v) is 4.72. The Balaban J connectivity index is 2.08. The minimum absolute atomic E-state index is 0.176. The topological polar surface area (TPSA) is 40.6 Å². The second kappa shape index (κ2) is 7.45. The summed E-state index contributed by atoms with van der Waals surface area (Å²) < 4.78 is 27.7. The van der Waals surface area contributed by atoms with Gasteiger partial charge in [0.2, 0.25) is 10.0 Å². The molecule has 1 fully saturated rings. The molecule has 1 aromatic carbocycles. The zero-order valence-corrected chi connectivity index (χ0v) is 15.9. The average molecular weight is 408 g/mol. The van der Waals surface area contributed by atoms with Gasteiger partial charge in [0.05, 0.1) is 5.02 Å². The van der Waals surface area contributed by atoms with E-state index >= 15 is 0 Å². The molecule has 22 heavy (non-hydrogen) atoms. The highest BCUT2D eigenvalue weighted by Crippen LogP contribution is 2.28. The molecule has 1 aromatic rings. The largest absolute Gasteiger partial charge is 0.297 e. The maximum Gasteiger partial charge on any atom is 0.244 e. The molecule has 1 aliphatic heterocycles. The van der Waals surface area contributed by atoms with Crippen molar-refractivity contribution in [3.05, 3.63) is 39.3 Å². The molecule has 2 rings (SSSR count). The summed E-state index contributed by atoms with van der Waals surface area (Å²) >= 11 is 9.38. The third-order valence-corrected chi connectivity index (χ3v) is 6.48. The van der Waals surface area contributed by atoms with Crippen molar-refractivity contribution < 1.29 is 8.42 Å². The van der Waals surface area contributed by atoms with Crippen LogP contribution in [0, 0.1) is 0 Å². The molecule has 1 heterocycles. The van der Waals surface area contributed by atoms with Gasteiger partial charge in [-0.1, -0.05) is 39.2 Å². The molecule has 0 aliphatic carbocycles. The SMILES string of the molecule is CC(C)=CCN1CCN(S(=O)(=O)c2ccc(Br)cc2Cl)CC1. The number of hydrogen-bond donors (Lipinski definition) is 0. The van der Waals surface area contributed by atoms with Crippen molar-refractivity contribution in [2.75, 3.05) is 32.7 Å². The summed E-state index contributed by atoms with van der Waals surface area (Å²) in [6.45, 7) is 7.45. The molecule has 0 N–H and O–H groups in total. The van der Waals surface area contributed by atoms with Crippen molar-refractivity contribution in [2.24, 2.45) is 0 Å². The standard InChI is InChI=1S/C15H20BrClN2O2S/c1-12(2)5-6-18-7-9-19(10-8-18)22(20,21)15-4-3-13(16)11-14(15)17/h3-5,11H,6-10H2,1-2H3. The van der Waals surface area contributed by atoms with Crippen molar-refractivity contribution in [3.8, 4) is 0 Å². The first kappa shape index (κ1) is 17.9. The number of piperazine rings is 1. The number of halogens is 2. The minimum atomic E-state index is -3.53. The van der Waals surface area contributed by atoms with Gasteiger partial charge < -0.3 is 0 Å². The van der Waals surface area contributed by atoms with Crippen LogP contribution in [0.2, 0.25) is 5.02 Å². The quantitative estimate of drug-likeness (QED) is 0.719. The second-order valence-electron chi connectivity index (χ2n) is 5.56. The smallest absolute Gasteiger partial charge is 0.244 e. The van der Waals surface area contributed by atoms with Crippen LogP contribution in [0.5, 0.6) is 0 Å². The normalized spacial score (nSPS) is 17.5. The van der Waals surface area contributed by atoms with Crippen molar-refractivity contribution in [1.29, 1.82) is 0 Å². The van der Waals surface area contributed by atoms with Crippen molar-refractivity contribution in [3.63, 3.8) is 0 Å². The molecule has 4 nitrogen and oxygen atoms in total. The molecule has 0 radical (unpaired) electrons. The average Bonchev–Trinajstić information content (AvgIpc) is 2.45. The highest BCUT2D eigenvalue weighted by molar-refractivity contribution is 9.10. The van der Waals surface area contributed by atoms with E-state index in [-0.39, 0.29) is 9.92 Å². The highest BCUT2D eigenvalue weighted by Gasteiger charge is 2.29. The lowest BCUT2D eigenvalue weighted by Crippen LogP contribution is -2.48. The van der Waals surface area contributed by atoms with Gasteiger partial charge in [0.25, 0.3) is 0 Å². The zero-order valence-electron chi connectivity index (χ0n) is 12.7. The van der Waals surface area contributed by atoms with Crippen molar-refractivity contribution in [2.45, 2.75) is 18.7 Å². The number of hydrogen-bond acceptors (Lipinski definition) is 3. The van der Waals surface area contributed by atoms with E-state index in [0.717, 1.165) is 24.1 Å². The van der Waals surface area contributed by atoms with Crippen LogP contribution >= 0.6 is 27.5 Å². The minimum Gasteiger partial charge on any atom is -0.297 e. The number of allylic oxidation sites excluding steroid dienone is 1. The van der Waals surface area contributed by atoms with Crippen LogP contribution in [0.25, 0.3) is 0 Å². The molecule has 0 amide bonds. The van der Waals surface area contributed by atoms with Crippen molar-refractivity contribution in [1.82, 2.24) is 9.21 Å². The Kier molecular flexibility index (Phi) is 6.07. The summed E-state index contributed by atoms with van der Waals surface area (Å²) in [5.74, 6) is 0. The van der Waals surface area contributed by atoms with Gasteiger partial charge in [-0.25, -0.2) is 8.42 Å². The van der Waals surface area contributed by atoms with Crippen LogP contribution in [0.4, 0.5) is 0 Å². The van der Waals surface area contributed by atoms with Gasteiger partial charge in [0, 0.05) is 37.2 Å². The first-order chi connectivity index (χ1) is 10.3. The molecule has 1 aliphatic rings. The van der Waals surface area contributed by atoms with E-state index in [2.05, 4.69) is 40.8 Å². The molecule has 122 valence electrons. The van der Waals surface area contributed by atoms with Crippen LogP contribution in [0.1, 0.15) is 13.8 Å². The molecule has 0 unspecified atom stereocenters. The lowest BCUT2D eigenvalue weighted by atomic mass is 10.3. The van der Waals surface area contributed by atoms with Crippen LogP contribution in [-0.2, 0) is 10.0 Å². The van der Waals surface area contributed by atoms with Crippen LogP contribution in [0.15, 0.2) is 39.2 Å². The molecule has 0 aromatic heterocycles. The van der Waals surface area contributed by atoms with Gasteiger partial charge in [0.15, 0.2) is 0 Å². The third-order valence-electron chi connectivity index (χ3n) is 3.60. The molecule has 7 heteroatoms. The monoisotopic (exact) mass is 406 g/mol. The molecule has 1 saturated heterocycles. The molecule has 0 saturated carbocycles.